The van der Waals surface area contributed by atoms with E-state index in [2.05, 4.69) is 29.0 Å². The van der Waals surface area contributed by atoms with Crippen molar-refractivity contribution >= 4 is 5.91 Å². The van der Waals surface area contributed by atoms with Gasteiger partial charge in [0.05, 0.1) is 6.04 Å². The second-order valence-electron chi connectivity index (χ2n) is 5.50. The average Bonchev–Trinajstić information content (AvgIpc) is 2.96. The van der Waals surface area contributed by atoms with Crippen LogP contribution in [0.25, 0.3) is 0 Å². The maximum Gasteiger partial charge on any atom is 0.273 e. The molecular weight excluding hydrogens is 262 g/mol. The van der Waals surface area contributed by atoms with E-state index in [0.717, 1.165) is 19.4 Å². The lowest BCUT2D eigenvalue weighted by atomic mass is 9.99. The van der Waals surface area contributed by atoms with Crippen LogP contribution in [0.15, 0.2) is 36.5 Å². The maximum absolute atomic E-state index is 12.7. The fraction of sp³-hybridized carbons (Fsp3) is 0.353. The van der Waals surface area contributed by atoms with Crippen molar-refractivity contribution in [3.8, 4) is 0 Å². The molecule has 1 unspecified atom stereocenters. The van der Waals surface area contributed by atoms with Gasteiger partial charge in [0, 0.05) is 12.7 Å². The Labute approximate surface area is 124 Å². The number of rotatable bonds is 2. The van der Waals surface area contributed by atoms with Crippen molar-refractivity contribution in [2.24, 2.45) is 0 Å². The SMILES string of the molecule is Cc1nccc(C(=O)N2CCCC2c2ccccc2C)n1. The van der Waals surface area contributed by atoms with Crippen molar-refractivity contribution in [2.75, 3.05) is 6.54 Å². The minimum atomic E-state index is 0.00579. The first-order valence-electron chi connectivity index (χ1n) is 7.33. The molecule has 1 aromatic heterocycles. The number of carbonyl (C=O) groups is 1. The molecule has 2 heterocycles. The van der Waals surface area contributed by atoms with Crippen molar-refractivity contribution in [3.05, 3.63) is 59.2 Å². The molecule has 1 aromatic carbocycles. The van der Waals surface area contributed by atoms with Gasteiger partial charge in [-0.25, -0.2) is 9.97 Å². The second kappa shape index (κ2) is 5.64. The molecule has 1 atom stereocenters. The molecule has 1 saturated heterocycles. The number of aryl methyl sites for hydroxylation is 2. The lowest BCUT2D eigenvalue weighted by Gasteiger charge is -2.26. The van der Waals surface area contributed by atoms with E-state index >= 15 is 0 Å². The van der Waals surface area contributed by atoms with Crippen LogP contribution in [0.2, 0.25) is 0 Å². The smallest absolute Gasteiger partial charge is 0.273 e. The molecule has 108 valence electrons. The molecule has 4 nitrogen and oxygen atoms in total. The highest BCUT2D eigenvalue weighted by atomic mass is 16.2. The van der Waals surface area contributed by atoms with E-state index in [1.54, 1.807) is 19.2 Å². The molecule has 1 fully saturated rings. The summed E-state index contributed by atoms with van der Waals surface area (Å²) in [7, 11) is 0. The number of benzene rings is 1. The second-order valence-corrected chi connectivity index (χ2v) is 5.50. The summed E-state index contributed by atoms with van der Waals surface area (Å²) >= 11 is 0. The monoisotopic (exact) mass is 281 g/mol. The first-order chi connectivity index (χ1) is 10.2. The summed E-state index contributed by atoms with van der Waals surface area (Å²) in [5, 5.41) is 0. The Kier molecular flexibility index (Phi) is 3.69. The maximum atomic E-state index is 12.7. The largest absolute Gasteiger partial charge is 0.330 e. The van der Waals surface area contributed by atoms with Gasteiger partial charge in [0.1, 0.15) is 11.5 Å². The van der Waals surface area contributed by atoms with Crippen LogP contribution < -0.4 is 0 Å². The Morgan fingerprint density at radius 2 is 2.05 bits per heavy atom. The molecule has 1 amide bonds. The Hall–Kier alpha value is -2.23. The summed E-state index contributed by atoms with van der Waals surface area (Å²) in [4.78, 5) is 23.0. The van der Waals surface area contributed by atoms with Crippen molar-refractivity contribution in [1.82, 2.24) is 14.9 Å². The summed E-state index contributed by atoms with van der Waals surface area (Å²) in [6.45, 7) is 4.70. The van der Waals surface area contributed by atoms with Crippen LogP contribution in [0.4, 0.5) is 0 Å². The Balaban J connectivity index is 1.91. The van der Waals surface area contributed by atoms with Crippen LogP contribution >= 0.6 is 0 Å². The fourth-order valence-corrected chi connectivity index (χ4v) is 3.02. The Morgan fingerprint density at radius 3 is 2.81 bits per heavy atom. The van der Waals surface area contributed by atoms with E-state index in [1.165, 1.54) is 11.1 Å². The zero-order valence-corrected chi connectivity index (χ0v) is 12.4. The predicted molar refractivity (Wildman–Crippen MR) is 81.0 cm³/mol. The number of amides is 1. The van der Waals surface area contributed by atoms with Gasteiger partial charge in [-0.05, 0) is 43.9 Å². The lowest BCUT2D eigenvalue weighted by molar-refractivity contribution is 0.0729. The van der Waals surface area contributed by atoms with E-state index in [9.17, 15) is 4.79 Å². The molecule has 1 aliphatic rings. The summed E-state index contributed by atoms with van der Waals surface area (Å²) < 4.78 is 0. The van der Waals surface area contributed by atoms with Crippen LogP contribution in [0.1, 0.15) is 46.3 Å². The molecule has 1 aliphatic heterocycles. The highest BCUT2D eigenvalue weighted by Crippen LogP contribution is 2.34. The number of carbonyl (C=O) groups excluding carboxylic acids is 1. The van der Waals surface area contributed by atoms with E-state index in [4.69, 9.17) is 0 Å². The highest BCUT2D eigenvalue weighted by Gasteiger charge is 2.31. The molecule has 3 rings (SSSR count). The predicted octanol–water partition coefficient (Wildman–Crippen LogP) is 3.07. The van der Waals surface area contributed by atoms with Crippen molar-refractivity contribution < 1.29 is 4.79 Å². The van der Waals surface area contributed by atoms with Crippen LogP contribution in [0, 0.1) is 13.8 Å². The van der Waals surface area contributed by atoms with Crippen LogP contribution in [-0.4, -0.2) is 27.3 Å². The third-order valence-electron chi connectivity index (χ3n) is 4.06. The van der Waals surface area contributed by atoms with E-state index in [0.29, 0.717) is 11.5 Å². The van der Waals surface area contributed by atoms with E-state index < -0.39 is 0 Å². The number of aromatic nitrogens is 2. The summed E-state index contributed by atoms with van der Waals surface area (Å²) in [6.07, 6.45) is 3.70. The zero-order valence-electron chi connectivity index (χ0n) is 12.4. The number of hydrogen-bond acceptors (Lipinski definition) is 3. The molecular formula is C17H19N3O. The van der Waals surface area contributed by atoms with Crippen LogP contribution in [0.3, 0.4) is 0 Å². The van der Waals surface area contributed by atoms with E-state index in [-0.39, 0.29) is 11.9 Å². The first kappa shape index (κ1) is 13.7. The molecule has 2 aromatic rings. The van der Waals surface area contributed by atoms with Gasteiger partial charge in [-0.3, -0.25) is 4.79 Å². The topological polar surface area (TPSA) is 46.1 Å². The zero-order chi connectivity index (χ0) is 14.8. The van der Waals surface area contributed by atoms with Crippen LogP contribution in [0.5, 0.6) is 0 Å². The Morgan fingerprint density at radius 1 is 1.24 bits per heavy atom. The van der Waals surface area contributed by atoms with Crippen molar-refractivity contribution in [3.63, 3.8) is 0 Å². The summed E-state index contributed by atoms with van der Waals surface area (Å²) in [5.74, 6) is 0.638. The molecule has 4 heteroatoms. The van der Waals surface area contributed by atoms with Crippen molar-refractivity contribution in [1.29, 1.82) is 0 Å². The molecule has 0 bridgehead atoms. The standard InChI is InChI=1S/C17H19N3O/c1-12-6-3-4-7-14(12)16-8-5-11-20(16)17(21)15-9-10-18-13(2)19-15/h3-4,6-7,9-10,16H,5,8,11H2,1-2H3. The first-order valence-corrected chi connectivity index (χ1v) is 7.33. The molecule has 0 radical (unpaired) electrons. The number of hydrogen-bond donors (Lipinski definition) is 0. The molecule has 0 N–H and O–H groups in total. The van der Waals surface area contributed by atoms with Gasteiger partial charge in [0.25, 0.3) is 5.91 Å². The van der Waals surface area contributed by atoms with Crippen molar-refractivity contribution in [2.45, 2.75) is 32.7 Å². The normalized spacial score (nSPS) is 18.0. The van der Waals surface area contributed by atoms with Gasteiger partial charge in [0.2, 0.25) is 0 Å². The lowest BCUT2D eigenvalue weighted by Crippen LogP contribution is -2.31. The molecule has 0 saturated carbocycles. The Bertz CT molecular complexity index is 669. The minimum absolute atomic E-state index is 0.00579. The van der Waals surface area contributed by atoms with Gasteiger partial charge in [-0.2, -0.15) is 0 Å². The number of nitrogens with zero attached hydrogens (tertiary/aromatic N) is 3. The quantitative estimate of drug-likeness (QED) is 0.850. The van der Waals surface area contributed by atoms with Crippen LogP contribution in [-0.2, 0) is 0 Å². The summed E-state index contributed by atoms with van der Waals surface area (Å²) in [6, 6.07) is 10.2. The molecule has 0 aliphatic carbocycles. The number of likely N-dealkylation sites (tertiary alicyclic amines) is 1. The van der Waals surface area contributed by atoms with Gasteiger partial charge >= 0.3 is 0 Å². The average molecular weight is 281 g/mol. The summed E-state index contributed by atoms with van der Waals surface area (Å²) in [5.41, 5.74) is 2.97. The molecule has 21 heavy (non-hydrogen) atoms. The van der Waals surface area contributed by atoms with Gasteiger partial charge in [-0.1, -0.05) is 24.3 Å². The van der Waals surface area contributed by atoms with Gasteiger partial charge in [0.15, 0.2) is 0 Å². The molecule has 0 spiro atoms. The third kappa shape index (κ3) is 2.66. The minimum Gasteiger partial charge on any atom is -0.330 e. The fourth-order valence-electron chi connectivity index (χ4n) is 3.02. The van der Waals surface area contributed by atoms with Gasteiger partial charge < -0.3 is 4.90 Å². The van der Waals surface area contributed by atoms with Gasteiger partial charge in [-0.15, -0.1) is 0 Å². The van der Waals surface area contributed by atoms with E-state index in [1.807, 2.05) is 17.0 Å². The third-order valence-corrected chi connectivity index (χ3v) is 4.06. The highest BCUT2D eigenvalue weighted by molar-refractivity contribution is 5.92.